The normalized spacial score (nSPS) is 14.8. The minimum absolute atomic E-state index is 0.159. The van der Waals surface area contributed by atoms with Crippen molar-refractivity contribution in [3.63, 3.8) is 0 Å². The molecule has 0 atom stereocenters. The Morgan fingerprint density at radius 1 is 1.12 bits per heavy atom. The summed E-state index contributed by atoms with van der Waals surface area (Å²) in [5.41, 5.74) is 1.44. The van der Waals surface area contributed by atoms with Gasteiger partial charge in [0, 0.05) is 5.02 Å². The van der Waals surface area contributed by atoms with Gasteiger partial charge in [0.15, 0.2) is 11.5 Å². The van der Waals surface area contributed by atoms with Crippen LogP contribution in [0.4, 0.5) is 4.79 Å². The number of esters is 1. The molecule has 3 rings (SSSR count). The number of rotatable bonds is 8. The lowest BCUT2D eigenvalue weighted by molar-refractivity contribution is -0.143. The van der Waals surface area contributed by atoms with Crippen LogP contribution in [0.2, 0.25) is 10.0 Å². The zero-order chi connectivity index (χ0) is 23.3. The van der Waals surface area contributed by atoms with Crippen LogP contribution in [-0.2, 0) is 20.9 Å². The Morgan fingerprint density at radius 2 is 1.84 bits per heavy atom. The number of amides is 2. The predicted octanol–water partition coefficient (Wildman–Crippen LogP) is 5.18. The Hall–Kier alpha value is -2.68. The minimum atomic E-state index is -0.683. The molecule has 0 spiro atoms. The molecule has 168 valence electrons. The lowest BCUT2D eigenvalue weighted by Crippen LogP contribution is -2.34. The number of nitrogens with zero attached hydrogens (tertiary/aromatic N) is 1. The van der Waals surface area contributed by atoms with Crippen LogP contribution in [0.1, 0.15) is 18.1 Å². The lowest BCUT2D eigenvalue weighted by Gasteiger charge is -2.15. The highest BCUT2D eigenvalue weighted by Gasteiger charge is 2.36. The zero-order valence-electron chi connectivity index (χ0n) is 17.2. The lowest BCUT2D eigenvalue weighted by atomic mass is 10.1. The van der Waals surface area contributed by atoms with Crippen molar-refractivity contribution in [2.45, 2.75) is 13.5 Å². The number of thioether (sulfide) groups is 1. The molecule has 0 N–H and O–H groups in total. The Labute approximate surface area is 199 Å². The standard InChI is InChI=1S/C22H19Cl2NO6S/c1-3-30-17-9-14(10-18-21(27)25(22(28)32-18)11-19(26)29-2)8-16(24)20(17)31-12-13-4-6-15(23)7-5-13/h4-10H,3,11-12H2,1-2H3/b18-10-. The number of methoxy groups -OCH3 is 1. The van der Waals surface area contributed by atoms with E-state index in [4.69, 9.17) is 32.7 Å². The van der Waals surface area contributed by atoms with Gasteiger partial charge in [0.2, 0.25) is 0 Å². The monoisotopic (exact) mass is 495 g/mol. The molecule has 1 fully saturated rings. The van der Waals surface area contributed by atoms with E-state index in [1.807, 2.05) is 19.1 Å². The number of halogens is 2. The van der Waals surface area contributed by atoms with Crippen LogP contribution >= 0.6 is 35.0 Å². The molecular formula is C22H19Cl2NO6S. The molecule has 2 amide bonds. The van der Waals surface area contributed by atoms with Crippen LogP contribution in [0.3, 0.4) is 0 Å². The van der Waals surface area contributed by atoms with Gasteiger partial charge < -0.3 is 14.2 Å². The molecule has 0 unspecified atom stereocenters. The summed E-state index contributed by atoms with van der Waals surface area (Å²) in [4.78, 5) is 37.1. The second kappa shape index (κ2) is 10.8. The Balaban J connectivity index is 1.83. The molecule has 7 nitrogen and oxygen atoms in total. The van der Waals surface area contributed by atoms with E-state index in [2.05, 4.69) is 4.74 Å². The minimum Gasteiger partial charge on any atom is -0.490 e. The van der Waals surface area contributed by atoms with Gasteiger partial charge in [0.1, 0.15) is 13.2 Å². The summed E-state index contributed by atoms with van der Waals surface area (Å²) in [6, 6.07) is 10.5. The van der Waals surface area contributed by atoms with E-state index in [0.717, 1.165) is 22.2 Å². The third-order valence-electron chi connectivity index (χ3n) is 4.31. The van der Waals surface area contributed by atoms with Crippen LogP contribution in [0.25, 0.3) is 6.08 Å². The van der Waals surface area contributed by atoms with Crippen molar-refractivity contribution in [3.05, 3.63) is 62.5 Å². The van der Waals surface area contributed by atoms with Gasteiger partial charge in [-0.2, -0.15) is 0 Å². The Kier molecular flexibility index (Phi) is 8.06. The van der Waals surface area contributed by atoms with E-state index in [0.29, 0.717) is 28.7 Å². The largest absolute Gasteiger partial charge is 0.490 e. The predicted molar refractivity (Wildman–Crippen MR) is 123 cm³/mol. The summed E-state index contributed by atoms with van der Waals surface area (Å²) in [5.74, 6) is -0.506. The molecule has 32 heavy (non-hydrogen) atoms. The second-order valence-electron chi connectivity index (χ2n) is 6.52. The molecule has 1 saturated heterocycles. The molecule has 2 aromatic carbocycles. The molecule has 0 saturated carbocycles. The molecule has 10 heteroatoms. The molecule has 0 aromatic heterocycles. The smallest absolute Gasteiger partial charge is 0.325 e. The van der Waals surface area contributed by atoms with Crippen LogP contribution in [0.5, 0.6) is 11.5 Å². The maximum atomic E-state index is 12.5. The summed E-state index contributed by atoms with van der Waals surface area (Å²) in [7, 11) is 1.19. The number of hydrogen-bond donors (Lipinski definition) is 0. The Bertz CT molecular complexity index is 1070. The van der Waals surface area contributed by atoms with Gasteiger partial charge in [-0.3, -0.25) is 19.3 Å². The van der Waals surface area contributed by atoms with E-state index in [9.17, 15) is 14.4 Å². The van der Waals surface area contributed by atoms with Crippen LogP contribution in [0, 0.1) is 0 Å². The fourth-order valence-electron chi connectivity index (χ4n) is 2.79. The third-order valence-corrected chi connectivity index (χ3v) is 5.75. The third kappa shape index (κ3) is 5.76. The van der Waals surface area contributed by atoms with Crippen molar-refractivity contribution in [1.29, 1.82) is 0 Å². The van der Waals surface area contributed by atoms with Crippen LogP contribution in [0.15, 0.2) is 41.3 Å². The molecule has 2 aromatic rings. The van der Waals surface area contributed by atoms with Gasteiger partial charge in [-0.05, 0) is 60.2 Å². The second-order valence-corrected chi connectivity index (χ2v) is 8.36. The maximum absolute atomic E-state index is 12.5. The molecule has 1 heterocycles. The molecule has 1 aliphatic rings. The molecule has 1 aliphatic heterocycles. The first kappa shape index (κ1) is 24.0. The van der Waals surface area contributed by atoms with E-state index < -0.39 is 23.7 Å². The van der Waals surface area contributed by atoms with Crippen molar-refractivity contribution in [1.82, 2.24) is 4.90 Å². The number of carbonyl (C=O) groups excluding carboxylic acids is 3. The molecule has 0 aliphatic carbocycles. The van der Waals surface area contributed by atoms with E-state index in [1.165, 1.54) is 13.2 Å². The topological polar surface area (TPSA) is 82.1 Å². The van der Waals surface area contributed by atoms with Crippen LogP contribution < -0.4 is 9.47 Å². The van der Waals surface area contributed by atoms with Crippen molar-refractivity contribution in [2.24, 2.45) is 0 Å². The number of imide groups is 1. The highest BCUT2D eigenvalue weighted by molar-refractivity contribution is 8.18. The first-order valence-corrected chi connectivity index (χ1v) is 11.1. The van der Waals surface area contributed by atoms with Crippen molar-refractivity contribution in [3.8, 4) is 11.5 Å². The van der Waals surface area contributed by atoms with Crippen molar-refractivity contribution < 1.29 is 28.6 Å². The zero-order valence-corrected chi connectivity index (χ0v) is 19.6. The van der Waals surface area contributed by atoms with Gasteiger partial charge in [0.25, 0.3) is 11.1 Å². The summed E-state index contributed by atoms with van der Waals surface area (Å²) < 4.78 is 16.1. The van der Waals surface area contributed by atoms with E-state index >= 15 is 0 Å². The SMILES string of the molecule is CCOc1cc(/C=C2\SC(=O)N(CC(=O)OC)C2=O)cc(Cl)c1OCc1ccc(Cl)cc1. The molecular weight excluding hydrogens is 477 g/mol. The summed E-state index contributed by atoms with van der Waals surface area (Å²) in [6.07, 6.45) is 1.51. The summed E-state index contributed by atoms with van der Waals surface area (Å²) >= 11 is 13.1. The van der Waals surface area contributed by atoms with E-state index in [-0.39, 0.29) is 16.5 Å². The van der Waals surface area contributed by atoms with Gasteiger partial charge in [-0.15, -0.1) is 0 Å². The number of ether oxygens (including phenoxy) is 3. The highest BCUT2D eigenvalue weighted by atomic mass is 35.5. The van der Waals surface area contributed by atoms with Gasteiger partial charge in [-0.25, -0.2) is 0 Å². The number of benzene rings is 2. The number of carbonyl (C=O) groups is 3. The van der Waals surface area contributed by atoms with Crippen molar-refractivity contribution >= 4 is 58.2 Å². The maximum Gasteiger partial charge on any atom is 0.325 e. The molecule has 0 radical (unpaired) electrons. The molecule has 0 bridgehead atoms. The average Bonchev–Trinajstić information content (AvgIpc) is 3.01. The van der Waals surface area contributed by atoms with Gasteiger partial charge in [-0.1, -0.05) is 35.3 Å². The fraction of sp³-hybridized carbons (Fsp3) is 0.227. The van der Waals surface area contributed by atoms with Crippen LogP contribution in [-0.4, -0.2) is 42.3 Å². The number of hydrogen-bond acceptors (Lipinski definition) is 7. The first-order chi connectivity index (χ1) is 15.3. The summed E-state index contributed by atoms with van der Waals surface area (Å²) in [5, 5.41) is 0.359. The fourth-order valence-corrected chi connectivity index (χ4v) is 4.03. The average molecular weight is 496 g/mol. The first-order valence-electron chi connectivity index (χ1n) is 9.48. The quantitative estimate of drug-likeness (QED) is 0.368. The highest BCUT2D eigenvalue weighted by Crippen LogP contribution is 2.39. The van der Waals surface area contributed by atoms with Gasteiger partial charge in [0.05, 0.1) is 23.6 Å². The van der Waals surface area contributed by atoms with Gasteiger partial charge >= 0.3 is 5.97 Å². The van der Waals surface area contributed by atoms with E-state index in [1.54, 1.807) is 24.3 Å². The van der Waals surface area contributed by atoms with Crippen molar-refractivity contribution in [2.75, 3.05) is 20.3 Å². The Morgan fingerprint density at radius 3 is 2.50 bits per heavy atom. The summed E-state index contributed by atoms with van der Waals surface area (Å²) in [6.45, 7) is 2.00.